The third-order valence-corrected chi connectivity index (χ3v) is 6.25. The van der Waals surface area contributed by atoms with Gasteiger partial charge in [0.05, 0.1) is 13.7 Å². The van der Waals surface area contributed by atoms with E-state index in [2.05, 4.69) is 28.5 Å². The minimum atomic E-state index is -0.787. The van der Waals surface area contributed by atoms with Crippen LogP contribution in [0.4, 0.5) is 5.69 Å². The zero-order valence-electron chi connectivity index (χ0n) is 19.1. The van der Waals surface area contributed by atoms with Gasteiger partial charge in [0.25, 0.3) is 11.8 Å². The number of ether oxygens (including phenoxy) is 1. The van der Waals surface area contributed by atoms with E-state index in [9.17, 15) is 19.2 Å². The molecular formula is C26H25N3O5. The summed E-state index contributed by atoms with van der Waals surface area (Å²) in [6, 6.07) is 12.8. The molecule has 8 nitrogen and oxygen atoms in total. The van der Waals surface area contributed by atoms with Gasteiger partial charge in [0.15, 0.2) is 0 Å². The SMILES string of the molecule is C=C(NC(=O)C(=C)N1Cc2c(cccc2-c2ccc(NC(=O)C3(C)CC3)cc2)C1=O)C(=O)OC. The van der Waals surface area contributed by atoms with E-state index >= 15 is 0 Å². The molecule has 1 aliphatic heterocycles. The molecule has 0 unspecified atom stereocenters. The van der Waals surface area contributed by atoms with Gasteiger partial charge in [-0.2, -0.15) is 0 Å². The zero-order valence-corrected chi connectivity index (χ0v) is 19.1. The van der Waals surface area contributed by atoms with Crippen molar-refractivity contribution in [2.45, 2.75) is 26.3 Å². The van der Waals surface area contributed by atoms with Crippen LogP contribution in [0.5, 0.6) is 0 Å². The summed E-state index contributed by atoms with van der Waals surface area (Å²) in [5.41, 5.74) is 3.03. The number of benzene rings is 2. The van der Waals surface area contributed by atoms with E-state index in [1.165, 1.54) is 12.0 Å². The quantitative estimate of drug-likeness (QED) is 0.488. The average molecular weight is 460 g/mol. The first-order valence-electron chi connectivity index (χ1n) is 10.8. The van der Waals surface area contributed by atoms with Gasteiger partial charge in [-0.15, -0.1) is 0 Å². The molecule has 8 heteroatoms. The normalized spacial score (nSPS) is 15.2. The topological polar surface area (TPSA) is 105 Å². The number of rotatable bonds is 7. The van der Waals surface area contributed by atoms with E-state index < -0.39 is 11.9 Å². The molecule has 2 N–H and O–H groups in total. The lowest BCUT2D eigenvalue weighted by molar-refractivity contribution is -0.137. The molecule has 2 aromatic rings. The van der Waals surface area contributed by atoms with Crippen molar-refractivity contribution in [1.29, 1.82) is 0 Å². The van der Waals surface area contributed by atoms with Gasteiger partial charge in [0.2, 0.25) is 5.91 Å². The first-order valence-corrected chi connectivity index (χ1v) is 10.8. The van der Waals surface area contributed by atoms with Crippen molar-refractivity contribution < 1.29 is 23.9 Å². The molecule has 0 aromatic heterocycles. The van der Waals surface area contributed by atoms with Crippen LogP contribution in [-0.4, -0.2) is 35.7 Å². The van der Waals surface area contributed by atoms with Gasteiger partial charge < -0.3 is 15.4 Å². The van der Waals surface area contributed by atoms with Crippen LogP contribution in [0.15, 0.2) is 67.0 Å². The fraction of sp³-hybridized carbons (Fsp3) is 0.231. The Hall–Kier alpha value is -4.20. The molecule has 0 radical (unpaired) electrons. The second-order valence-electron chi connectivity index (χ2n) is 8.69. The van der Waals surface area contributed by atoms with Crippen molar-refractivity contribution in [2.24, 2.45) is 5.41 Å². The number of esters is 1. The van der Waals surface area contributed by atoms with Crippen molar-refractivity contribution in [3.63, 3.8) is 0 Å². The van der Waals surface area contributed by atoms with Crippen molar-refractivity contribution >= 4 is 29.4 Å². The van der Waals surface area contributed by atoms with Gasteiger partial charge in [0, 0.05) is 16.7 Å². The smallest absolute Gasteiger partial charge is 0.353 e. The Kier molecular flexibility index (Phi) is 5.83. The summed E-state index contributed by atoms with van der Waals surface area (Å²) in [6.07, 6.45) is 1.80. The molecule has 1 fully saturated rings. The van der Waals surface area contributed by atoms with Gasteiger partial charge >= 0.3 is 5.97 Å². The minimum absolute atomic E-state index is 0.0220. The van der Waals surface area contributed by atoms with Crippen LogP contribution in [0.1, 0.15) is 35.7 Å². The van der Waals surface area contributed by atoms with E-state index in [1.54, 1.807) is 12.1 Å². The molecule has 0 atom stereocenters. The summed E-state index contributed by atoms with van der Waals surface area (Å²) in [6.45, 7) is 9.29. The number of hydrogen-bond acceptors (Lipinski definition) is 5. The molecule has 0 bridgehead atoms. The average Bonchev–Trinajstić information content (AvgIpc) is 3.51. The standard InChI is InChI=1S/C26H25N3O5/c1-15(24(32)34-4)27-22(30)16(2)29-14-21-19(6-5-7-20(21)23(29)31)17-8-10-18(11-9-17)28-25(33)26(3)12-13-26/h5-11H,1-2,12-14H2,3-4H3,(H,27,30)(H,28,33). The van der Waals surface area contributed by atoms with E-state index in [0.717, 1.165) is 29.5 Å². The summed E-state index contributed by atoms with van der Waals surface area (Å²) < 4.78 is 4.52. The molecule has 2 aromatic carbocycles. The summed E-state index contributed by atoms with van der Waals surface area (Å²) in [5, 5.41) is 5.25. The Labute approximate surface area is 197 Å². The van der Waals surface area contributed by atoms with Gasteiger partial charge in [-0.05, 0) is 47.7 Å². The van der Waals surface area contributed by atoms with Crippen LogP contribution < -0.4 is 10.6 Å². The summed E-state index contributed by atoms with van der Waals surface area (Å²) in [5.74, 6) is -1.84. The zero-order chi connectivity index (χ0) is 24.6. The Balaban J connectivity index is 1.51. The van der Waals surface area contributed by atoms with E-state index in [0.29, 0.717) is 11.3 Å². The number of carbonyl (C=O) groups is 4. The van der Waals surface area contributed by atoms with Crippen molar-refractivity contribution in [3.8, 4) is 11.1 Å². The summed E-state index contributed by atoms with van der Waals surface area (Å²) in [4.78, 5) is 50.6. The largest absolute Gasteiger partial charge is 0.464 e. The fourth-order valence-electron chi connectivity index (χ4n) is 3.76. The maximum atomic E-state index is 13.0. The fourth-order valence-corrected chi connectivity index (χ4v) is 3.76. The highest BCUT2D eigenvalue weighted by Crippen LogP contribution is 2.45. The number of anilines is 1. The molecule has 1 aliphatic carbocycles. The maximum Gasteiger partial charge on any atom is 0.353 e. The lowest BCUT2D eigenvalue weighted by atomic mass is 9.97. The highest BCUT2D eigenvalue weighted by Gasteiger charge is 2.44. The predicted molar refractivity (Wildman–Crippen MR) is 126 cm³/mol. The minimum Gasteiger partial charge on any atom is -0.464 e. The molecule has 0 spiro atoms. The van der Waals surface area contributed by atoms with Crippen LogP contribution in [0.25, 0.3) is 11.1 Å². The molecule has 1 saturated carbocycles. The second kappa shape index (κ2) is 8.62. The highest BCUT2D eigenvalue weighted by atomic mass is 16.5. The number of nitrogens with zero attached hydrogens (tertiary/aromatic N) is 1. The number of amides is 3. The first kappa shape index (κ1) is 23.0. The monoisotopic (exact) mass is 459 g/mol. The van der Waals surface area contributed by atoms with E-state index in [-0.39, 0.29) is 35.2 Å². The van der Waals surface area contributed by atoms with Crippen LogP contribution in [-0.2, 0) is 25.7 Å². The van der Waals surface area contributed by atoms with Crippen molar-refractivity contribution in [2.75, 3.05) is 12.4 Å². The molecule has 174 valence electrons. The highest BCUT2D eigenvalue weighted by molar-refractivity contribution is 6.08. The third-order valence-electron chi connectivity index (χ3n) is 6.25. The molecule has 34 heavy (non-hydrogen) atoms. The van der Waals surface area contributed by atoms with E-state index in [1.807, 2.05) is 37.3 Å². The Morgan fingerprint density at radius 2 is 1.68 bits per heavy atom. The number of fused-ring (bicyclic) bond motifs is 1. The number of methoxy groups -OCH3 is 1. The van der Waals surface area contributed by atoms with Crippen molar-refractivity contribution in [1.82, 2.24) is 10.2 Å². The van der Waals surface area contributed by atoms with Gasteiger partial charge in [0.1, 0.15) is 11.4 Å². The Morgan fingerprint density at radius 1 is 1.03 bits per heavy atom. The molecule has 1 heterocycles. The molecule has 3 amide bonds. The molecular weight excluding hydrogens is 434 g/mol. The lowest BCUT2D eigenvalue weighted by Crippen LogP contribution is -2.36. The number of nitrogens with one attached hydrogen (secondary N) is 2. The summed E-state index contributed by atoms with van der Waals surface area (Å²) >= 11 is 0. The molecule has 2 aliphatic rings. The predicted octanol–water partition coefficient (Wildman–Crippen LogP) is 3.36. The molecule has 4 rings (SSSR count). The summed E-state index contributed by atoms with van der Waals surface area (Å²) in [7, 11) is 1.17. The van der Waals surface area contributed by atoms with Crippen molar-refractivity contribution in [3.05, 3.63) is 78.1 Å². The van der Waals surface area contributed by atoms with Gasteiger partial charge in [-0.25, -0.2) is 4.79 Å². The van der Waals surface area contributed by atoms with Crippen LogP contribution in [0.2, 0.25) is 0 Å². The van der Waals surface area contributed by atoms with Gasteiger partial charge in [-0.3, -0.25) is 19.3 Å². The Morgan fingerprint density at radius 3 is 2.29 bits per heavy atom. The van der Waals surface area contributed by atoms with Crippen LogP contribution in [0.3, 0.4) is 0 Å². The van der Waals surface area contributed by atoms with E-state index in [4.69, 9.17) is 0 Å². The second-order valence-corrected chi connectivity index (χ2v) is 8.69. The van der Waals surface area contributed by atoms with Gasteiger partial charge in [-0.1, -0.05) is 44.3 Å². The number of hydrogen-bond donors (Lipinski definition) is 2. The number of carbonyl (C=O) groups excluding carboxylic acids is 4. The molecule has 0 saturated heterocycles. The Bertz CT molecular complexity index is 1240. The van der Waals surface area contributed by atoms with Crippen LogP contribution >= 0.6 is 0 Å². The lowest BCUT2D eigenvalue weighted by Gasteiger charge is -2.18. The maximum absolute atomic E-state index is 13.0. The van der Waals surface area contributed by atoms with Crippen LogP contribution in [0, 0.1) is 5.41 Å². The third kappa shape index (κ3) is 4.22. The first-order chi connectivity index (χ1) is 16.1.